The van der Waals surface area contributed by atoms with Crippen LogP contribution in [-0.4, -0.2) is 41.6 Å². The fourth-order valence-corrected chi connectivity index (χ4v) is 5.04. The van der Waals surface area contributed by atoms with Crippen LogP contribution in [0.1, 0.15) is 30.5 Å². The van der Waals surface area contributed by atoms with E-state index in [1.165, 1.54) is 11.3 Å². The van der Waals surface area contributed by atoms with Gasteiger partial charge in [-0.15, -0.1) is 11.3 Å². The zero-order valence-electron chi connectivity index (χ0n) is 17.5. The van der Waals surface area contributed by atoms with Crippen molar-refractivity contribution in [2.75, 3.05) is 20.8 Å². The summed E-state index contributed by atoms with van der Waals surface area (Å²) in [7, 11) is 3.22. The molecule has 0 aliphatic carbocycles. The summed E-state index contributed by atoms with van der Waals surface area (Å²) >= 11 is 1.50. The molecule has 7 heteroatoms. The lowest BCUT2D eigenvalue weighted by Crippen LogP contribution is -2.34. The highest BCUT2D eigenvalue weighted by Crippen LogP contribution is 2.41. The number of thiazole rings is 1. The monoisotopic (exact) mass is 423 g/mol. The van der Waals surface area contributed by atoms with Crippen molar-refractivity contribution in [3.63, 3.8) is 0 Å². The van der Waals surface area contributed by atoms with Crippen LogP contribution in [0.3, 0.4) is 0 Å². The van der Waals surface area contributed by atoms with Gasteiger partial charge in [-0.1, -0.05) is 32.0 Å². The van der Waals surface area contributed by atoms with Crippen molar-refractivity contribution in [3.8, 4) is 11.5 Å². The number of para-hydroxylation sites is 1. The highest BCUT2D eigenvalue weighted by Gasteiger charge is 2.36. The van der Waals surface area contributed by atoms with Gasteiger partial charge in [0.15, 0.2) is 11.5 Å². The van der Waals surface area contributed by atoms with Crippen LogP contribution in [0.2, 0.25) is 0 Å². The number of hydrogen-bond acceptors (Lipinski definition) is 6. The second kappa shape index (κ2) is 7.99. The van der Waals surface area contributed by atoms with Crippen LogP contribution in [0.5, 0.6) is 11.5 Å². The summed E-state index contributed by atoms with van der Waals surface area (Å²) in [6.07, 6.45) is 0. The molecule has 2 N–H and O–H groups in total. The number of aliphatic hydroxyl groups excluding tert-OH is 1. The normalized spacial score (nSPS) is 15.4. The fraction of sp³-hybridized carbons (Fsp3) is 0.304. The van der Waals surface area contributed by atoms with Crippen LogP contribution >= 0.6 is 11.3 Å². The predicted octanol–water partition coefficient (Wildman–Crippen LogP) is 5.27. The molecule has 0 bridgehead atoms. The molecule has 0 saturated heterocycles. The summed E-state index contributed by atoms with van der Waals surface area (Å²) in [5.74, 6) is 1.99. The molecule has 3 aromatic rings. The van der Waals surface area contributed by atoms with Crippen molar-refractivity contribution >= 4 is 33.0 Å². The van der Waals surface area contributed by atoms with Crippen molar-refractivity contribution in [2.24, 2.45) is 5.92 Å². The summed E-state index contributed by atoms with van der Waals surface area (Å²) in [6, 6.07) is 13.6. The molecular formula is C23H25N3O3S. The summed E-state index contributed by atoms with van der Waals surface area (Å²) in [5.41, 5.74) is 2.40. The smallest absolute Gasteiger partial charge is 0.161 e. The van der Waals surface area contributed by atoms with Gasteiger partial charge in [-0.25, -0.2) is 4.98 Å². The van der Waals surface area contributed by atoms with Gasteiger partial charge in [0.1, 0.15) is 16.6 Å². The quantitative estimate of drug-likeness (QED) is 0.564. The number of ether oxygens (including phenoxy) is 2. The van der Waals surface area contributed by atoms with Gasteiger partial charge in [0.25, 0.3) is 0 Å². The standard InChI is InChI=1S/C23H25N3O3S/c1-13(2)21(14-9-10-17(28-3)18(11-14)29-4)26-12-16(27)20(22(26)24)23-25-15-7-5-6-8-19(15)30-23/h5-11,13,21,24,27H,12H2,1-4H3. The van der Waals surface area contributed by atoms with Crippen molar-refractivity contribution in [1.29, 1.82) is 5.41 Å². The van der Waals surface area contributed by atoms with Gasteiger partial charge in [-0.2, -0.15) is 0 Å². The first-order valence-corrected chi connectivity index (χ1v) is 10.6. The van der Waals surface area contributed by atoms with E-state index in [0.717, 1.165) is 15.8 Å². The maximum absolute atomic E-state index is 10.8. The number of benzene rings is 2. The molecule has 30 heavy (non-hydrogen) atoms. The van der Waals surface area contributed by atoms with Crippen molar-refractivity contribution < 1.29 is 14.6 Å². The Morgan fingerprint density at radius 2 is 1.83 bits per heavy atom. The van der Waals surface area contributed by atoms with Crippen LogP contribution in [0.15, 0.2) is 48.2 Å². The van der Waals surface area contributed by atoms with E-state index in [4.69, 9.17) is 14.9 Å². The van der Waals surface area contributed by atoms with E-state index >= 15 is 0 Å². The average molecular weight is 424 g/mol. The molecule has 1 atom stereocenters. The lowest BCUT2D eigenvalue weighted by molar-refractivity contribution is 0.247. The molecule has 4 rings (SSSR count). The van der Waals surface area contributed by atoms with Gasteiger partial charge >= 0.3 is 0 Å². The number of nitrogens with one attached hydrogen (secondary N) is 1. The number of aromatic nitrogens is 1. The Hall–Kier alpha value is -3.06. The van der Waals surface area contributed by atoms with Gasteiger partial charge in [0.2, 0.25) is 0 Å². The minimum Gasteiger partial charge on any atom is -0.510 e. The summed E-state index contributed by atoms with van der Waals surface area (Å²) < 4.78 is 11.9. The van der Waals surface area contributed by atoms with E-state index in [2.05, 4.69) is 18.8 Å². The molecule has 1 aliphatic rings. The molecule has 1 unspecified atom stereocenters. The van der Waals surface area contributed by atoms with Crippen molar-refractivity contribution in [1.82, 2.24) is 9.88 Å². The van der Waals surface area contributed by atoms with Crippen LogP contribution < -0.4 is 9.47 Å². The van der Waals surface area contributed by atoms with E-state index in [1.807, 2.05) is 47.4 Å². The lowest BCUT2D eigenvalue weighted by Gasteiger charge is -2.33. The van der Waals surface area contributed by atoms with Crippen LogP contribution in [0, 0.1) is 11.3 Å². The number of hydrogen-bond donors (Lipinski definition) is 2. The zero-order chi connectivity index (χ0) is 21.4. The Labute approximate surface area is 179 Å². The van der Waals surface area contributed by atoms with E-state index in [0.29, 0.717) is 27.9 Å². The lowest BCUT2D eigenvalue weighted by atomic mass is 9.94. The number of amidine groups is 1. The Bertz CT molecular complexity index is 1100. The first kappa shape index (κ1) is 20.2. The summed E-state index contributed by atoms with van der Waals surface area (Å²) in [6.45, 7) is 4.50. The molecule has 2 heterocycles. The van der Waals surface area contributed by atoms with Gasteiger partial charge in [-0.3, -0.25) is 5.41 Å². The Balaban J connectivity index is 1.70. The average Bonchev–Trinajstić information content (AvgIpc) is 3.27. The topological polar surface area (TPSA) is 78.7 Å². The van der Waals surface area contributed by atoms with Gasteiger partial charge in [0.05, 0.1) is 42.6 Å². The van der Waals surface area contributed by atoms with Crippen molar-refractivity contribution in [3.05, 3.63) is 58.8 Å². The number of rotatable bonds is 6. The SMILES string of the molecule is COc1ccc(C(C(C)C)N2CC(O)=C(c3nc4ccccc4s3)C2=N)cc1OC. The maximum atomic E-state index is 10.8. The predicted molar refractivity (Wildman–Crippen MR) is 121 cm³/mol. The fourth-order valence-electron chi connectivity index (χ4n) is 4.00. The second-order valence-corrected chi connectivity index (χ2v) is 8.62. The largest absolute Gasteiger partial charge is 0.510 e. The first-order chi connectivity index (χ1) is 14.4. The molecule has 6 nitrogen and oxygen atoms in total. The Morgan fingerprint density at radius 3 is 2.50 bits per heavy atom. The molecular weight excluding hydrogens is 398 g/mol. The van der Waals surface area contributed by atoms with Crippen LogP contribution in [-0.2, 0) is 0 Å². The molecule has 0 radical (unpaired) electrons. The molecule has 0 spiro atoms. The number of nitrogens with zero attached hydrogens (tertiary/aromatic N) is 2. The van der Waals surface area contributed by atoms with Crippen LogP contribution in [0.4, 0.5) is 0 Å². The number of aliphatic hydroxyl groups is 1. The molecule has 0 amide bonds. The highest BCUT2D eigenvalue weighted by molar-refractivity contribution is 7.19. The highest BCUT2D eigenvalue weighted by atomic mass is 32.1. The van der Waals surface area contributed by atoms with E-state index in [9.17, 15) is 5.11 Å². The van der Waals surface area contributed by atoms with Gasteiger partial charge in [-0.05, 0) is 35.7 Å². The minimum atomic E-state index is -0.105. The third kappa shape index (κ3) is 3.39. The van der Waals surface area contributed by atoms with E-state index in [-0.39, 0.29) is 24.3 Å². The molecule has 1 aromatic heterocycles. The van der Waals surface area contributed by atoms with Gasteiger partial charge < -0.3 is 19.5 Å². The number of methoxy groups -OCH3 is 2. The third-order valence-electron chi connectivity index (χ3n) is 5.36. The number of fused-ring (bicyclic) bond motifs is 1. The second-order valence-electron chi connectivity index (χ2n) is 7.59. The Kier molecular flexibility index (Phi) is 5.39. The zero-order valence-corrected chi connectivity index (χ0v) is 18.3. The summed E-state index contributed by atoms with van der Waals surface area (Å²) in [4.78, 5) is 6.59. The van der Waals surface area contributed by atoms with E-state index in [1.54, 1.807) is 14.2 Å². The van der Waals surface area contributed by atoms with Crippen molar-refractivity contribution in [2.45, 2.75) is 19.9 Å². The molecule has 156 valence electrons. The first-order valence-electron chi connectivity index (χ1n) is 9.80. The molecule has 0 saturated carbocycles. The molecule has 0 fully saturated rings. The van der Waals surface area contributed by atoms with Crippen LogP contribution in [0.25, 0.3) is 15.8 Å². The Morgan fingerprint density at radius 1 is 1.10 bits per heavy atom. The minimum absolute atomic E-state index is 0.105. The van der Waals surface area contributed by atoms with Gasteiger partial charge in [0, 0.05) is 0 Å². The third-order valence-corrected chi connectivity index (χ3v) is 6.41. The van der Waals surface area contributed by atoms with E-state index < -0.39 is 0 Å². The maximum Gasteiger partial charge on any atom is 0.161 e. The summed E-state index contributed by atoms with van der Waals surface area (Å²) in [5, 5.41) is 20.3. The molecule has 2 aromatic carbocycles. The molecule has 1 aliphatic heterocycles.